The summed E-state index contributed by atoms with van der Waals surface area (Å²) in [6.07, 6.45) is 1.54. The zero-order valence-electron chi connectivity index (χ0n) is 11.6. The second-order valence-electron chi connectivity index (χ2n) is 5.92. The Labute approximate surface area is 99.2 Å². The van der Waals surface area contributed by atoms with Crippen molar-refractivity contribution >= 4 is 0 Å². The van der Waals surface area contributed by atoms with Crippen molar-refractivity contribution in [1.29, 1.82) is 0 Å². The largest absolute Gasteiger partial charge is 0.356 e. The molecule has 0 bridgehead atoms. The minimum Gasteiger partial charge on any atom is -0.356 e. The minimum atomic E-state index is -0.442. The maximum Gasteiger partial charge on any atom is 0.136 e. The molecule has 1 saturated carbocycles. The highest BCUT2D eigenvalue weighted by molar-refractivity contribution is 4.85. The standard InChI is InChI=1S/C12H26N2O2/c1-9-8-10(9)15-11(2,3)13-16-12(4,5)14(6)7/h9-10,13H,8H2,1-7H3. The number of hydroxylamine groups is 1. The quantitative estimate of drug-likeness (QED) is 0.559. The maximum absolute atomic E-state index is 5.88. The molecule has 0 aromatic carbocycles. The van der Waals surface area contributed by atoms with Gasteiger partial charge in [0.05, 0.1) is 6.10 Å². The van der Waals surface area contributed by atoms with Crippen LogP contribution in [0.2, 0.25) is 0 Å². The van der Waals surface area contributed by atoms with Crippen LogP contribution in [0.25, 0.3) is 0 Å². The van der Waals surface area contributed by atoms with Gasteiger partial charge in [-0.25, -0.2) is 0 Å². The van der Waals surface area contributed by atoms with Crippen LogP contribution in [0, 0.1) is 5.92 Å². The molecule has 0 aromatic rings. The third kappa shape index (κ3) is 4.01. The lowest BCUT2D eigenvalue weighted by molar-refractivity contribution is -0.232. The smallest absolute Gasteiger partial charge is 0.136 e. The van der Waals surface area contributed by atoms with Gasteiger partial charge in [0.15, 0.2) is 0 Å². The van der Waals surface area contributed by atoms with Gasteiger partial charge < -0.3 is 4.74 Å². The summed E-state index contributed by atoms with van der Waals surface area (Å²) in [5.41, 5.74) is 2.22. The van der Waals surface area contributed by atoms with E-state index < -0.39 is 5.72 Å². The predicted molar refractivity (Wildman–Crippen MR) is 64.7 cm³/mol. The lowest BCUT2D eigenvalue weighted by atomic mass is 10.3. The van der Waals surface area contributed by atoms with Crippen molar-refractivity contribution in [3.05, 3.63) is 0 Å². The predicted octanol–water partition coefficient (Wildman–Crippen LogP) is 1.97. The lowest BCUT2D eigenvalue weighted by Gasteiger charge is -2.36. The molecule has 0 amide bonds. The second kappa shape index (κ2) is 4.61. The van der Waals surface area contributed by atoms with E-state index in [2.05, 4.69) is 12.4 Å². The zero-order chi connectivity index (χ0) is 12.6. The molecular formula is C12H26N2O2. The van der Waals surface area contributed by atoms with E-state index in [0.717, 1.165) is 6.42 Å². The molecule has 1 fully saturated rings. The number of ether oxygens (including phenoxy) is 1. The van der Waals surface area contributed by atoms with Crippen LogP contribution in [0.5, 0.6) is 0 Å². The normalized spacial score (nSPS) is 26.2. The van der Waals surface area contributed by atoms with Crippen molar-refractivity contribution in [1.82, 2.24) is 10.4 Å². The van der Waals surface area contributed by atoms with E-state index in [9.17, 15) is 0 Å². The Morgan fingerprint density at radius 1 is 1.19 bits per heavy atom. The Morgan fingerprint density at radius 2 is 1.69 bits per heavy atom. The molecule has 0 spiro atoms. The van der Waals surface area contributed by atoms with Crippen LogP contribution in [0.1, 0.15) is 41.0 Å². The van der Waals surface area contributed by atoms with Crippen LogP contribution >= 0.6 is 0 Å². The first-order chi connectivity index (χ1) is 7.14. The van der Waals surface area contributed by atoms with Crippen molar-refractivity contribution in [2.75, 3.05) is 14.1 Å². The van der Waals surface area contributed by atoms with Gasteiger partial charge in [-0.15, -0.1) is 0 Å². The molecule has 16 heavy (non-hydrogen) atoms. The van der Waals surface area contributed by atoms with Crippen molar-refractivity contribution in [3.63, 3.8) is 0 Å². The van der Waals surface area contributed by atoms with Crippen molar-refractivity contribution in [2.24, 2.45) is 5.92 Å². The van der Waals surface area contributed by atoms with Gasteiger partial charge in [-0.05, 0) is 54.1 Å². The molecule has 1 aliphatic carbocycles. The summed E-state index contributed by atoms with van der Waals surface area (Å²) in [5.74, 6) is 0.683. The average Bonchev–Trinajstić information content (AvgIpc) is 2.77. The Morgan fingerprint density at radius 3 is 2.06 bits per heavy atom. The van der Waals surface area contributed by atoms with Crippen LogP contribution in [0.3, 0.4) is 0 Å². The van der Waals surface area contributed by atoms with E-state index in [-0.39, 0.29) is 5.72 Å². The molecule has 96 valence electrons. The Balaban J connectivity index is 2.35. The Hall–Kier alpha value is -0.160. The van der Waals surface area contributed by atoms with Gasteiger partial charge in [-0.1, -0.05) is 6.92 Å². The van der Waals surface area contributed by atoms with E-state index in [1.807, 2.05) is 46.7 Å². The summed E-state index contributed by atoms with van der Waals surface area (Å²) < 4.78 is 5.88. The van der Waals surface area contributed by atoms with Gasteiger partial charge in [0, 0.05) is 0 Å². The van der Waals surface area contributed by atoms with E-state index >= 15 is 0 Å². The molecular weight excluding hydrogens is 204 g/mol. The molecule has 4 heteroatoms. The molecule has 1 aliphatic rings. The summed E-state index contributed by atoms with van der Waals surface area (Å²) in [6.45, 7) is 10.2. The summed E-state index contributed by atoms with van der Waals surface area (Å²) in [4.78, 5) is 7.68. The monoisotopic (exact) mass is 230 g/mol. The first-order valence-electron chi connectivity index (χ1n) is 5.94. The highest BCUT2D eigenvalue weighted by atomic mass is 16.7. The highest BCUT2D eigenvalue weighted by Crippen LogP contribution is 2.35. The molecule has 2 atom stereocenters. The molecule has 0 radical (unpaired) electrons. The van der Waals surface area contributed by atoms with Crippen LogP contribution < -0.4 is 5.48 Å². The first kappa shape index (κ1) is 13.9. The molecule has 0 saturated heterocycles. The molecule has 0 heterocycles. The van der Waals surface area contributed by atoms with E-state index in [1.165, 1.54) is 0 Å². The topological polar surface area (TPSA) is 33.7 Å². The minimum absolute atomic E-state index is 0.351. The van der Waals surface area contributed by atoms with Crippen LogP contribution in [-0.2, 0) is 9.57 Å². The third-order valence-electron chi connectivity index (χ3n) is 3.11. The first-order valence-corrected chi connectivity index (χ1v) is 5.94. The Kier molecular flexibility index (Phi) is 4.00. The molecule has 0 aromatic heterocycles. The van der Waals surface area contributed by atoms with E-state index in [0.29, 0.717) is 12.0 Å². The van der Waals surface area contributed by atoms with Gasteiger partial charge in [0.1, 0.15) is 11.4 Å². The number of nitrogens with zero attached hydrogens (tertiary/aromatic N) is 1. The van der Waals surface area contributed by atoms with Gasteiger partial charge in [0.25, 0.3) is 0 Å². The van der Waals surface area contributed by atoms with E-state index in [4.69, 9.17) is 9.57 Å². The van der Waals surface area contributed by atoms with Crippen LogP contribution in [-0.4, -0.2) is 36.5 Å². The molecule has 0 aliphatic heterocycles. The summed E-state index contributed by atoms with van der Waals surface area (Å²) in [6, 6.07) is 0. The highest BCUT2D eigenvalue weighted by Gasteiger charge is 2.39. The van der Waals surface area contributed by atoms with Crippen molar-refractivity contribution in [2.45, 2.75) is 58.6 Å². The molecule has 2 unspecified atom stereocenters. The molecule has 1 N–H and O–H groups in total. The number of hydrogen-bond donors (Lipinski definition) is 1. The van der Waals surface area contributed by atoms with Gasteiger partial charge in [-0.2, -0.15) is 5.48 Å². The SMILES string of the molecule is CC1CC1OC(C)(C)NOC(C)(C)N(C)C. The van der Waals surface area contributed by atoms with Gasteiger partial charge in [0.2, 0.25) is 0 Å². The fourth-order valence-electron chi connectivity index (χ4n) is 1.19. The van der Waals surface area contributed by atoms with Crippen molar-refractivity contribution < 1.29 is 9.57 Å². The molecule has 4 nitrogen and oxygen atoms in total. The fourth-order valence-corrected chi connectivity index (χ4v) is 1.19. The summed E-state index contributed by atoms with van der Waals surface area (Å²) >= 11 is 0. The zero-order valence-corrected chi connectivity index (χ0v) is 11.6. The van der Waals surface area contributed by atoms with Gasteiger partial charge in [-0.3, -0.25) is 9.74 Å². The fraction of sp³-hybridized carbons (Fsp3) is 1.00. The molecule has 1 rings (SSSR count). The van der Waals surface area contributed by atoms with Gasteiger partial charge >= 0.3 is 0 Å². The number of hydrogen-bond acceptors (Lipinski definition) is 4. The maximum atomic E-state index is 5.88. The second-order valence-corrected chi connectivity index (χ2v) is 5.92. The lowest BCUT2D eigenvalue weighted by Crippen LogP contribution is -2.51. The third-order valence-corrected chi connectivity index (χ3v) is 3.11. The van der Waals surface area contributed by atoms with Crippen LogP contribution in [0.15, 0.2) is 0 Å². The average molecular weight is 230 g/mol. The summed E-state index contributed by atoms with van der Waals surface area (Å²) in [5, 5.41) is 0. The number of rotatable bonds is 6. The van der Waals surface area contributed by atoms with E-state index in [1.54, 1.807) is 0 Å². The number of nitrogens with one attached hydrogen (secondary N) is 1. The summed E-state index contributed by atoms with van der Waals surface area (Å²) in [7, 11) is 3.97. The Bertz CT molecular complexity index is 239. The van der Waals surface area contributed by atoms with Crippen LogP contribution in [0.4, 0.5) is 0 Å². The van der Waals surface area contributed by atoms with Crippen molar-refractivity contribution in [3.8, 4) is 0 Å².